The molecule has 0 saturated heterocycles. The Hall–Kier alpha value is -3.58. The van der Waals surface area contributed by atoms with E-state index < -0.39 is 0 Å². The average molecular weight is 360 g/mol. The van der Waals surface area contributed by atoms with Gasteiger partial charge in [0, 0.05) is 17.4 Å². The van der Waals surface area contributed by atoms with Gasteiger partial charge in [-0.3, -0.25) is 0 Å². The number of fused-ring (bicyclic) bond motifs is 1. The van der Waals surface area contributed by atoms with Gasteiger partial charge in [0.05, 0.1) is 0 Å². The SMILES string of the molecule is c1ccc(Cc2oc3ccccc3c2-c2ccc(-c3ccccc3)cc2)cc1. The minimum Gasteiger partial charge on any atom is -0.460 e. The minimum atomic E-state index is 0.783. The third-order valence-electron chi connectivity index (χ3n) is 5.16. The fourth-order valence-corrected chi connectivity index (χ4v) is 3.78. The van der Waals surface area contributed by atoms with Crippen LogP contribution in [0.3, 0.4) is 0 Å². The summed E-state index contributed by atoms with van der Waals surface area (Å²) in [5.74, 6) is 1.01. The molecule has 0 saturated carbocycles. The molecular weight excluding hydrogens is 340 g/mol. The minimum absolute atomic E-state index is 0.783. The van der Waals surface area contributed by atoms with Crippen LogP contribution in [0.1, 0.15) is 11.3 Å². The second-order valence-electron chi connectivity index (χ2n) is 7.00. The van der Waals surface area contributed by atoms with E-state index in [1.54, 1.807) is 0 Å². The van der Waals surface area contributed by atoms with Crippen LogP contribution in [0.4, 0.5) is 0 Å². The normalized spacial score (nSPS) is 11.0. The van der Waals surface area contributed by atoms with Gasteiger partial charge in [0.2, 0.25) is 0 Å². The maximum atomic E-state index is 6.27. The van der Waals surface area contributed by atoms with Crippen LogP contribution in [0, 0.1) is 0 Å². The number of rotatable bonds is 4. The summed E-state index contributed by atoms with van der Waals surface area (Å²) in [5, 5.41) is 1.17. The fourth-order valence-electron chi connectivity index (χ4n) is 3.78. The maximum absolute atomic E-state index is 6.27. The Kier molecular flexibility index (Phi) is 4.27. The van der Waals surface area contributed by atoms with Crippen LogP contribution in [0.25, 0.3) is 33.2 Å². The molecule has 0 fully saturated rings. The van der Waals surface area contributed by atoms with Crippen molar-refractivity contribution in [1.29, 1.82) is 0 Å². The topological polar surface area (TPSA) is 13.1 Å². The first-order valence-electron chi connectivity index (χ1n) is 9.59. The molecule has 4 aromatic carbocycles. The molecule has 5 rings (SSSR count). The fraction of sp³-hybridized carbons (Fsp3) is 0.0370. The third-order valence-corrected chi connectivity index (χ3v) is 5.16. The molecule has 1 heterocycles. The second-order valence-corrected chi connectivity index (χ2v) is 7.00. The first-order valence-corrected chi connectivity index (χ1v) is 9.59. The Bertz CT molecular complexity index is 1200. The number of benzene rings is 4. The van der Waals surface area contributed by atoms with Crippen molar-refractivity contribution in [3.8, 4) is 22.3 Å². The quantitative estimate of drug-likeness (QED) is 0.326. The Labute approximate surface area is 164 Å². The summed E-state index contributed by atoms with van der Waals surface area (Å²) in [7, 11) is 0. The van der Waals surface area contributed by atoms with Gasteiger partial charge in [-0.1, -0.05) is 103 Å². The standard InChI is InChI=1S/C27H20O/c1-3-9-20(10-4-1)19-26-27(24-13-7-8-14-25(24)28-26)23-17-15-22(16-18-23)21-11-5-2-6-12-21/h1-18H,19H2. The average Bonchev–Trinajstić information content (AvgIpc) is 3.13. The molecule has 0 amide bonds. The maximum Gasteiger partial charge on any atom is 0.134 e. The molecule has 0 spiro atoms. The molecule has 28 heavy (non-hydrogen) atoms. The van der Waals surface area contributed by atoms with Gasteiger partial charge >= 0.3 is 0 Å². The lowest BCUT2D eigenvalue weighted by Crippen LogP contribution is -1.89. The lowest BCUT2D eigenvalue weighted by atomic mass is 9.96. The van der Waals surface area contributed by atoms with Gasteiger partial charge in [-0.15, -0.1) is 0 Å². The first kappa shape index (κ1) is 16.6. The van der Waals surface area contributed by atoms with Crippen LogP contribution in [0.5, 0.6) is 0 Å². The van der Waals surface area contributed by atoms with Gasteiger partial charge in [-0.2, -0.15) is 0 Å². The van der Waals surface area contributed by atoms with Crippen molar-refractivity contribution in [2.75, 3.05) is 0 Å². The van der Waals surface area contributed by atoms with Crippen molar-refractivity contribution in [2.24, 2.45) is 0 Å². The molecular formula is C27H20O. The van der Waals surface area contributed by atoms with E-state index in [-0.39, 0.29) is 0 Å². The second kappa shape index (κ2) is 7.21. The van der Waals surface area contributed by atoms with Gasteiger partial charge in [-0.05, 0) is 28.3 Å². The predicted molar refractivity (Wildman–Crippen MR) is 116 cm³/mol. The van der Waals surface area contributed by atoms with Crippen LogP contribution in [0.2, 0.25) is 0 Å². The molecule has 1 heteroatoms. The van der Waals surface area contributed by atoms with Crippen LogP contribution < -0.4 is 0 Å². The van der Waals surface area contributed by atoms with E-state index >= 15 is 0 Å². The summed E-state index contributed by atoms with van der Waals surface area (Å²) in [5.41, 5.74) is 7.03. The summed E-state index contributed by atoms with van der Waals surface area (Å²) in [4.78, 5) is 0. The van der Waals surface area contributed by atoms with E-state index in [0.29, 0.717) is 0 Å². The van der Waals surface area contributed by atoms with E-state index in [9.17, 15) is 0 Å². The zero-order valence-electron chi connectivity index (χ0n) is 15.5. The van der Waals surface area contributed by atoms with E-state index in [2.05, 4.69) is 84.9 Å². The summed E-state index contributed by atoms with van der Waals surface area (Å²) in [6.07, 6.45) is 0.783. The lowest BCUT2D eigenvalue weighted by molar-refractivity contribution is 0.564. The molecule has 0 radical (unpaired) electrons. The van der Waals surface area contributed by atoms with Gasteiger partial charge < -0.3 is 4.42 Å². The molecule has 1 nitrogen and oxygen atoms in total. The number of para-hydroxylation sites is 1. The zero-order chi connectivity index (χ0) is 18.8. The van der Waals surface area contributed by atoms with Gasteiger partial charge in [0.25, 0.3) is 0 Å². The van der Waals surface area contributed by atoms with Crippen molar-refractivity contribution < 1.29 is 4.42 Å². The summed E-state index contributed by atoms with van der Waals surface area (Å²) in [6, 6.07) is 38.1. The Morgan fingerprint density at radius 3 is 1.82 bits per heavy atom. The van der Waals surface area contributed by atoms with E-state index in [1.165, 1.54) is 33.2 Å². The highest BCUT2D eigenvalue weighted by molar-refractivity contribution is 5.96. The highest BCUT2D eigenvalue weighted by Crippen LogP contribution is 2.37. The van der Waals surface area contributed by atoms with Crippen LogP contribution in [-0.4, -0.2) is 0 Å². The van der Waals surface area contributed by atoms with Gasteiger partial charge in [0.1, 0.15) is 11.3 Å². The lowest BCUT2D eigenvalue weighted by Gasteiger charge is -2.07. The van der Waals surface area contributed by atoms with Gasteiger partial charge in [0.15, 0.2) is 0 Å². The Morgan fingerprint density at radius 1 is 0.500 bits per heavy atom. The molecule has 134 valence electrons. The van der Waals surface area contributed by atoms with Crippen molar-refractivity contribution in [3.63, 3.8) is 0 Å². The smallest absolute Gasteiger partial charge is 0.134 e. The Morgan fingerprint density at radius 2 is 1.07 bits per heavy atom. The van der Waals surface area contributed by atoms with Crippen molar-refractivity contribution in [1.82, 2.24) is 0 Å². The highest BCUT2D eigenvalue weighted by Gasteiger charge is 2.16. The van der Waals surface area contributed by atoms with E-state index in [1.807, 2.05) is 24.3 Å². The molecule has 0 N–H and O–H groups in total. The number of hydrogen-bond donors (Lipinski definition) is 0. The monoisotopic (exact) mass is 360 g/mol. The molecule has 0 aliphatic rings. The van der Waals surface area contributed by atoms with Crippen molar-refractivity contribution >= 4 is 11.0 Å². The summed E-state index contributed by atoms with van der Waals surface area (Å²) >= 11 is 0. The molecule has 1 aromatic heterocycles. The van der Waals surface area contributed by atoms with Crippen LogP contribution in [-0.2, 0) is 6.42 Å². The molecule has 0 aliphatic carbocycles. The molecule has 0 unspecified atom stereocenters. The van der Waals surface area contributed by atoms with Crippen LogP contribution >= 0.6 is 0 Å². The molecule has 0 atom stereocenters. The largest absolute Gasteiger partial charge is 0.460 e. The van der Waals surface area contributed by atoms with Crippen molar-refractivity contribution in [2.45, 2.75) is 6.42 Å². The highest BCUT2D eigenvalue weighted by atomic mass is 16.3. The van der Waals surface area contributed by atoms with Crippen molar-refractivity contribution in [3.05, 3.63) is 121 Å². The third kappa shape index (κ3) is 3.12. The zero-order valence-corrected chi connectivity index (χ0v) is 15.5. The van der Waals surface area contributed by atoms with E-state index in [0.717, 1.165) is 17.8 Å². The summed E-state index contributed by atoms with van der Waals surface area (Å²) < 4.78 is 6.27. The predicted octanol–water partition coefficient (Wildman–Crippen LogP) is 7.36. The Balaban J connectivity index is 1.60. The molecule has 0 bridgehead atoms. The van der Waals surface area contributed by atoms with Gasteiger partial charge in [-0.25, -0.2) is 0 Å². The first-order chi connectivity index (χ1) is 13.9. The summed E-state index contributed by atoms with van der Waals surface area (Å²) in [6.45, 7) is 0. The number of furan rings is 1. The number of hydrogen-bond acceptors (Lipinski definition) is 1. The molecule has 5 aromatic rings. The van der Waals surface area contributed by atoms with E-state index in [4.69, 9.17) is 4.42 Å². The van der Waals surface area contributed by atoms with Crippen LogP contribution in [0.15, 0.2) is 114 Å². The molecule has 0 aliphatic heterocycles.